The van der Waals surface area contributed by atoms with Crippen LogP contribution in [-0.4, -0.2) is 60.2 Å². The van der Waals surface area contributed by atoms with Crippen molar-refractivity contribution >= 4 is 11.7 Å². The van der Waals surface area contributed by atoms with E-state index in [9.17, 15) is 4.79 Å². The number of aromatic nitrogens is 2. The Bertz CT molecular complexity index is 458. The van der Waals surface area contributed by atoms with Crippen molar-refractivity contribution in [2.24, 2.45) is 0 Å². The van der Waals surface area contributed by atoms with Crippen LogP contribution in [0.15, 0.2) is 31.2 Å². The summed E-state index contributed by atoms with van der Waals surface area (Å²) in [5.41, 5.74) is 0. The van der Waals surface area contributed by atoms with Gasteiger partial charge in [0.1, 0.15) is 5.82 Å². The average molecular weight is 290 g/mol. The van der Waals surface area contributed by atoms with Gasteiger partial charge in [-0.05, 0) is 12.8 Å². The van der Waals surface area contributed by atoms with Crippen LogP contribution in [0.1, 0.15) is 12.8 Å². The third-order valence-electron chi connectivity index (χ3n) is 3.56. The van der Waals surface area contributed by atoms with Gasteiger partial charge in [-0.25, -0.2) is 4.98 Å². The lowest BCUT2D eigenvalue weighted by molar-refractivity contribution is -0.132. The Labute approximate surface area is 125 Å². The molecule has 1 amide bonds. The minimum atomic E-state index is 0.116. The molecule has 0 bridgehead atoms. The molecule has 0 N–H and O–H groups in total. The van der Waals surface area contributed by atoms with Crippen molar-refractivity contribution in [1.29, 1.82) is 0 Å². The van der Waals surface area contributed by atoms with Crippen LogP contribution in [-0.2, 0) is 9.53 Å². The predicted octanol–water partition coefficient (Wildman–Crippen LogP) is 1.11. The Morgan fingerprint density at radius 3 is 2.90 bits per heavy atom. The van der Waals surface area contributed by atoms with Crippen molar-refractivity contribution < 1.29 is 9.53 Å². The van der Waals surface area contributed by atoms with Gasteiger partial charge in [0, 0.05) is 32.5 Å². The van der Waals surface area contributed by atoms with E-state index in [-0.39, 0.29) is 12.0 Å². The number of nitrogens with zero attached hydrogens (tertiary/aromatic N) is 4. The Kier molecular flexibility index (Phi) is 5.68. The monoisotopic (exact) mass is 290 g/mol. The first-order valence-electron chi connectivity index (χ1n) is 7.18. The van der Waals surface area contributed by atoms with Crippen molar-refractivity contribution in [1.82, 2.24) is 14.9 Å². The molecule has 0 aromatic carbocycles. The van der Waals surface area contributed by atoms with E-state index in [1.165, 1.54) is 0 Å². The van der Waals surface area contributed by atoms with Gasteiger partial charge in [0.2, 0.25) is 5.91 Å². The van der Waals surface area contributed by atoms with Crippen LogP contribution in [0.3, 0.4) is 0 Å². The molecule has 2 heterocycles. The molecule has 1 aromatic rings. The molecule has 0 saturated carbocycles. The highest BCUT2D eigenvalue weighted by atomic mass is 16.5. The Hall–Kier alpha value is -1.95. The summed E-state index contributed by atoms with van der Waals surface area (Å²) >= 11 is 0. The molecule has 0 atom stereocenters. The van der Waals surface area contributed by atoms with Gasteiger partial charge in [-0.1, -0.05) is 6.08 Å². The lowest BCUT2D eigenvalue weighted by Gasteiger charge is -2.33. The van der Waals surface area contributed by atoms with Gasteiger partial charge < -0.3 is 14.5 Å². The third-order valence-corrected chi connectivity index (χ3v) is 3.56. The van der Waals surface area contributed by atoms with Gasteiger partial charge in [0.05, 0.1) is 25.5 Å². The van der Waals surface area contributed by atoms with E-state index in [1.807, 2.05) is 16.8 Å². The summed E-state index contributed by atoms with van der Waals surface area (Å²) in [4.78, 5) is 24.2. The summed E-state index contributed by atoms with van der Waals surface area (Å²) in [5.74, 6) is 0.820. The standard InChI is InChI=1S/C15H22N4O2/c1-3-10-21-13-4-8-19(9-5-13)15(20)12-18(2)14-11-16-6-7-17-14/h3,6-7,11,13H,1,4-5,8-10,12H2,2H3. The first-order valence-corrected chi connectivity index (χ1v) is 7.18. The molecule has 0 radical (unpaired) electrons. The maximum atomic E-state index is 12.3. The van der Waals surface area contributed by atoms with Crippen molar-refractivity contribution in [2.45, 2.75) is 18.9 Å². The number of amides is 1. The summed E-state index contributed by atoms with van der Waals surface area (Å²) in [6.07, 6.45) is 8.66. The van der Waals surface area contributed by atoms with Crippen LogP contribution < -0.4 is 4.90 Å². The molecule has 114 valence electrons. The summed E-state index contributed by atoms with van der Waals surface area (Å²) in [6.45, 7) is 6.03. The number of anilines is 1. The van der Waals surface area contributed by atoms with Gasteiger partial charge in [-0.2, -0.15) is 0 Å². The number of hydrogen-bond donors (Lipinski definition) is 0. The first-order chi connectivity index (χ1) is 10.2. The zero-order chi connectivity index (χ0) is 15.1. The van der Waals surface area contributed by atoms with Crippen LogP contribution in [0.25, 0.3) is 0 Å². The first kappa shape index (κ1) is 15.4. The molecular weight excluding hydrogens is 268 g/mol. The maximum absolute atomic E-state index is 12.3. The highest BCUT2D eigenvalue weighted by Crippen LogP contribution is 2.14. The lowest BCUT2D eigenvalue weighted by Crippen LogP contribution is -2.45. The maximum Gasteiger partial charge on any atom is 0.242 e. The van der Waals surface area contributed by atoms with Gasteiger partial charge in [0.25, 0.3) is 0 Å². The second-order valence-corrected chi connectivity index (χ2v) is 5.12. The number of likely N-dealkylation sites (tertiary alicyclic amines) is 1. The van der Waals surface area contributed by atoms with Crippen molar-refractivity contribution in [2.75, 3.05) is 38.2 Å². The van der Waals surface area contributed by atoms with E-state index >= 15 is 0 Å². The minimum absolute atomic E-state index is 0.116. The number of likely N-dealkylation sites (N-methyl/N-ethyl adjacent to an activating group) is 1. The summed E-state index contributed by atoms with van der Waals surface area (Å²) in [5, 5.41) is 0. The number of piperidine rings is 1. The smallest absolute Gasteiger partial charge is 0.242 e. The number of ether oxygens (including phenoxy) is 1. The lowest BCUT2D eigenvalue weighted by atomic mass is 10.1. The van der Waals surface area contributed by atoms with E-state index in [0.717, 1.165) is 25.9 Å². The third kappa shape index (κ3) is 4.53. The summed E-state index contributed by atoms with van der Waals surface area (Å²) in [7, 11) is 1.85. The molecule has 0 aliphatic carbocycles. The van der Waals surface area contributed by atoms with E-state index in [2.05, 4.69) is 16.5 Å². The number of carbonyl (C=O) groups is 1. The van der Waals surface area contributed by atoms with Crippen molar-refractivity contribution in [3.05, 3.63) is 31.2 Å². The SMILES string of the molecule is C=CCOC1CCN(C(=O)CN(C)c2cnccn2)CC1. The zero-order valence-corrected chi connectivity index (χ0v) is 12.4. The Morgan fingerprint density at radius 2 is 2.29 bits per heavy atom. The van der Waals surface area contributed by atoms with E-state index < -0.39 is 0 Å². The number of hydrogen-bond acceptors (Lipinski definition) is 5. The molecular formula is C15H22N4O2. The topological polar surface area (TPSA) is 58.6 Å². The molecule has 1 aromatic heterocycles. The fraction of sp³-hybridized carbons (Fsp3) is 0.533. The van der Waals surface area contributed by atoms with E-state index in [0.29, 0.717) is 19.0 Å². The van der Waals surface area contributed by atoms with Crippen molar-refractivity contribution in [3.8, 4) is 0 Å². The molecule has 21 heavy (non-hydrogen) atoms. The van der Waals surface area contributed by atoms with Gasteiger partial charge >= 0.3 is 0 Å². The molecule has 0 spiro atoms. The second-order valence-electron chi connectivity index (χ2n) is 5.12. The summed E-state index contributed by atoms with van der Waals surface area (Å²) < 4.78 is 5.63. The van der Waals surface area contributed by atoms with Gasteiger partial charge in [-0.15, -0.1) is 6.58 Å². The van der Waals surface area contributed by atoms with Crippen LogP contribution in [0.2, 0.25) is 0 Å². The minimum Gasteiger partial charge on any atom is -0.374 e. The Morgan fingerprint density at radius 1 is 1.52 bits per heavy atom. The highest BCUT2D eigenvalue weighted by molar-refractivity contribution is 5.81. The normalized spacial score (nSPS) is 15.8. The van der Waals surface area contributed by atoms with Crippen LogP contribution in [0.5, 0.6) is 0 Å². The largest absolute Gasteiger partial charge is 0.374 e. The zero-order valence-electron chi connectivity index (χ0n) is 12.4. The molecule has 0 unspecified atom stereocenters. The van der Waals surface area contributed by atoms with Crippen LogP contribution >= 0.6 is 0 Å². The van der Waals surface area contributed by atoms with Gasteiger partial charge in [0.15, 0.2) is 0 Å². The molecule has 1 fully saturated rings. The molecule has 1 saturated heterocycles. The fourth-order valence-electron chi connectivity index (χ4n) is 2.35. The molecule has 1 aliphatic heterocycles. The fourth-order valence-corrected chi connectivity index (χ4v) is 2.35. The van der Waals surface area contributed by atoms with E-state index in [1.54, 1.807) is 24.7 Å². The average Bonchev–Trinajstić information content (AvgIpc) is 2.54. The number of carbonyl (C=O) groups excluding carboxylic acids is 1. The highest BCUT2D eigenvalue weighted by Gasteiger charge is 2.23. The van der Waals surface area contributed by atoms with Gasteiger partial charge in [-0.3, -0.25) is 9.78 Å². The molecule has 6 heteroatoms. The molecule has 6 nitrogen and oxygen atoms in total. The van der Waals surface area contributed by atoms with E-state index in [4.69, 9.17) is 4.74 Å². The predicted molar refractivity (Wildman–Crippen MR) is 81.1 cm³/mol. The second kappa shape index (κ2) is 7.73. The van der Waals surface area contributed by atoms with Crippen LogP contribution in [0.4, 0.5) is 5.82 Å². The van der Waals surface area contributed by atoms with Crippen LogP contribution in [0, 0.1) is 0 Å². The molecule has 1 aliphatic rings. The Balaban J connectivity index is 1.78. The van der Waals surface area contributed by atoms with Crippen molar-refractivity contribution in [3.63, 3.8) is 0 Å². The summed E-state index contributed by atoms with van der Waals surface area (Å²) in [6, 6.07) is 0. The quantitative estimate of drug-likeness (QED) is 0.735. The number of rotatable bonds is 6. The molecule has 2 rings (SSSR count).